The number of aromatic nitrogens is 3. The van der Waals surface area contributed by atoms with Crippen LogP contribution in [0, 0.1) is 0 Å². The first-order valence-corrected chi connectivity index (χ1v) is 8.57. The molecule has 0 unspecified atom stereocenters. The van der Waals surface area contributed by atoms with Gasteiger partial charge in [-0.25, -0.2) is 9.78 Å². The van der Waals surface area contributed by atoms with E-state index in [9.17, 15) is 9.59 Å². The highest BCUT2D eigenvalue weighted by molar-refractivity contribution is 6.00. The molecule has 0 spiro atoms. The van der Waals surface area contributed by atoms with Crippen molar-refractivity contribution in [2.24, 2.45) is 0 Å². The zero-order valence-corrected chi connectivity index (χ0v) is 15.9. The second-order valence-corrected chi connectivity index (χ2v) is 6.09. The third-order valence-corrected chi connectivity index (χ3v) is 4.48. The van der Waals surface area contributed by atoms with E-state index < -0.39 is 5.69 Å². The lowest BCUT2D eigenvalue weighted by atomic mass is 9.99. The van der Waals surface area contributed by atoms with Gasteiger partial charge < -0.3 is 23.6 Å². The van der Waals surface area contributed by atoms with Gasteiger partial charge in [-0.3, -0.25) is 9.78 Å². The van der Waals surface area contributed by atoms with Gasteiger partial charge in [0, 0.05) is 29.6 Å². The Bertz CT molecular complexity index is 1270. The molecule has 0 saturated carbocycles. The molecule has 1 aromatic carbocycles. The van der Waals surface area contributed by atoms with E-state index in [1.807, 2.05) is 0 Å². The summed E-state index contributed by atoms with van der Waals surface area (Å²) in [6.45, 7) is 0. The number of furan rings is 1. The molecule has 148 valence electrons. The van der Waals surface area contributed by atoms with Gasteiger partial charge in [0.25, 0.3) is 0 Å². The second kappa shape index (κ2) is 7.19. The van der Waals surface area contributed by atoms with E-state index >= 15 is 0 Å². The Labute approximate surface area is 163 Å². The third kappa shape index (κ3) is 3.12. The Morgan fingerprint density at radius 1 is 0.966 bits per heavy atom. The number of nitrogens with one attached hydrogen (secondary N) is 2. The maximum atomic E-state index is 11.7. The maximum absolute atomic E-state index is 11.7. The molecular weight excluding hydrogens is 378 g/mol. The van der Waals surface area contributed by atoms with Gasteiger partial charge in [-0.1, -0.05) is 0 Å². The van der Waals surface area contributed by atoms with Crippen molar-refractivity contribution < 1.29 is 18.6 Å². The molecule has 0 atom stereocenters. The van der Waals surface area contributed by atoms with Crippen LogP contribution in [0.2, 0.25) is 0 Å². The fraction of sp³-hybridized carbons (Fsp3) is 0.150. The molecule has 29 heavy (non-hydrogen) atoms. The first-order chi connectivity index (χ1) is 14.0. The van der Waals surface area contributed by atoms with Crippen molar-refractivity contribution in [2.75, 3.05) is 21.3 Å². The Morgan fingerprint density at radius 3 is 2.28 bits per heavy atom. The van der Waals surface area contributed by atoms with Gasteiger partial charge in [0.05, 0.1) is 26.7 Å². The number of fused-ring (bicyclic) bond motifs is 1. The number of methoxy groups -OCH3 is 3. The van der Waals surface area contributed by atoms with Crippen LogP contribution in [0.5, 0.6) is 17.2 Å². The van der Waals surface area contributed by atoms with E-state index in [4.69, 9.17) is 18.6 Å². The zero-order chi connectivity index (χ0) is 20.5. The Morgan fingerprint density at radius 2 is 1.69 bits per heavy atom. The van der Waals surface area contributed by atoms with Crippen LogP contribution in [-0.4, -0.2) is 36.3 Å². The van der Waals surface area contributed by atoms with Gasteiger partial charge in [0.15, 0.2) is 11.5 Å². The molecule has 3 aromatic heterocycles. The Balaban J connectivity index is 2.07. The van der Waals surface area contributed by atoms with Crippen molar-refractivity contribution in [1.29, 1.82) is 0 Å². The molecule has 0 aliphatic heterocycles. The highest BCUT2D eigenvalue weighted by Crippen LogP contribution is 2.46. The Kier molecular flexibility index (Phi) is 4.55. The van der Waals surface area contributed by atoms with Crippen LogP contribution >= 0.6 is 0 Å². The molecule has 0 amide bonds. The van der Waals surface area contributed by atoms with E-state index in [0.29, 0.717) is 45.1 Å². The van der Waals surface area contributed by atoms with E-state index in [1.54, 1.807) is 18.2 Å². The zero-order valence-electron chi connectivity index (χ0n) is 15.9. The topological polar surface area (TPSA) is 119 Å². The number of aromatic amines is 2. The van der Waals surface area contributed by atoms with Gasteiger partial charge in [0.2, 0.25) is 17.0 Å². The largest absolute Gasteiger partial charge is 0.493 e. The standard InChI is InChI=1S/C20H17N3O6/c1-26-13-6-11(7-14(27-2)18(13)28-3)16-12-9-22-20(25)23-19(12)29-17(16)10-4-5-15(24)21-8-10/h4-9H,1-3H3,(H,21,24)(H,22,23,25). The van der Waals surface area contributed by atoms with Gasteiger partial charge >= 0.3 is 5.69 Å². The van der Waals surface area contributed by atoms with Crippen molar-refractivity contribution in [3.05, 3.63) is 57.5 Å². The average molecular weight is 395 g/mol. The van der Waals surface area contributed by atoms with Gasteiger partial charge in [-0.05, 0) is 23.8 Å². The van der Waals surface area contributed by atoms with Gasteiger partial charge in [0.1, 0.15) is 5.76 Å². The minimum absolute atomic E-state index is 0.241. The van der Waals surface area contributed by atoms with Gasteiger partial charge in [-0.2, -0.15) is 0 Å². The third-order valence-electron chi connectivity index (χ3n) is 4.48. The molecule has 0 radical (unpaired) electrons. The number of hydrogen-bond donors (Lipinski definition) is 2. The molecule has 4 rings (SSSR count). The first kappa shape index (κ1) is 18.4. The van der Waals surface area contributed by atoms with Crippen molar-refractivity contribution in [2.45, 2.75) is 0 Å². The van der Waals surface area contributed by atoms with E-state index in [2.05, 4.69) is 15.0 Å². The smallest absolute Gasteiger partial charge is 0.347 e. The molecule has 0 aliphatic rings. The molecule has 2 N–H and O–H groups in total. The minimum Gasteiger partial charge on any atom is -0.493 e. The normalized spacial score (nSPS) is 10.9. The average Bonchev–Trinajstić information content (AvgIpc) is 3.11. The van der Waals surface area contributed by atoms with Crippen molar-refractivity contribution in [3.8, 4) is 39.7 Å². The Hall–Kier alpha value is -4.01. The summed E-state index contributed by atoms with van der Waals surface area (Å²) < 4.78 is 22.2. The second-order valence-electron chi connectivity index (χ2n) is 6.09. The maximum Gasteiger partial charge on any atom is 0.347 e. The molecule has 9 heteroatoms. The van der Waals surface area contributed by atoms with Gasteiger partial charge in [-0.15, -0.1) is 0 Å². The SMILES string of the molecule is COc1cc(-c2c(-c3ccc(=O)[nH]c3)oc3[nH]c(=O)ncc23)cc(OC)c1OC. The number of pyridine rings is 1. The fourth-order valence-electron chi connectivity index (χ4n) is 3.18. The molecule has 3 heterocycles. The van der Waals surface area contributed by atoms with E-state index in [-0.39, 0.29) is 11.3 Å². The van der Waals surface area contributed by atoms with E-state index in [0.717, 1.165) is 0 Å². The number of H-pyrrole nitrogens is 2. The van der Waals surface area contributed by atoms with Crippen LogP contribution < -0.4 is 25.5 Å². The summed E-state index contributed by atoms with van der Waals surface area (Å²) >= 11 is 0. The van der Waals surface area contributed by atoms with Crippen molar-refractivity contribution in [1.82, 2.24) is 15.0 Å². The molecule has 0 saturated heterocycles. The van der Waals surface area contributed by atoms with Crippen LogP contribution in [0.25, 0.3) is 33.6 Å². The summed E-state index contributed by atoms with van der Waals surface area (Å²) in [5, 5.41) is 0.583. The number of benzene rings is 1. The number of nitrogens with zero attached hydrogens (tertiary/aromatic N) is 1. The molecule has 9 nitrogen and oxygen atoms in total. The molecular formula is C20H17N3O6. The quantitative estimate of drug-likeness (QED) is 0.533. The monoisotopic (exact) mass is 395 g/mol. The van der Waals surface area contributed by atoms with Crippen LogP contribution in [-0.2, 0) is 0 Å². The number of hydrogen-bond acceptors (Lipinski definition) is 7. The minimum atomic E-state index is -0.532. The van der Waals surface area contributed by atoms with E-state index in [1.165, 1.54) is 39.8 Å². The number of rotatable bonds is 5. The predicted molar refractivity (Wildman–Crippen MR) is 106 cm³/mol. The highest BCUT2D eigenvalue weighted by atomic mass is 16.5. The lowest BCUT2D eigenvalue weighted by Gasteiger charge is -2.14. The summed E-state index contributed by atoms with van der Waals surface area (Å²) in [5.74, 6) is 1.81. The van der Waals surface area contributed by atoms with Crippen molar-refractivity contribution >= 4 is 11.1 Å². The van der Waals surface area contributed by atoms with Crippen LogP contribution in [0.15, 0.2) is 50.7 Å². The summed E-state index contributed by atoms with van der Waals surface area (Å²) in [6.07, 6.45) is 2.97. The number of ether oxygens (including phenoxy) is 3. The summed E-state index contributed by atoms with van der Waals surface area (Å²) in [7, 11) is 4.57. The van der Waals surface area contributed by atoms with Crippen molar-refractivity contribution in [3.63, 3.8) is 0 Å². The summed E-state index contributed by atoms with van der Waals surface area (Å²) in [5.41, 5.74) is 1.44. The highest BCUT2D eigenvalue weighted by Gasteiger charge is 2.22. The molecule has 0 aliphatic carbocycles. The lowest BCUT2D eigenvalue weighted by Crippen LogP contribution is -2.07. The van der Waals surface area contributed by atoms with Crippen LogP contribution in [0.3, 0.4) is 0 Å². The predicted octanol–water partition coefficient (Wildman–Crippen LogP) is 2.56. The molecule has 0 bridgehead atoms. The molecule has 0 fully saturated rings. The lowest BCUT2D eigenvalue weighted by molar-refractivity contribution is 0.324. The summed E-state index contributed by atoms with van der Waals surface area (Å²) in [4.78, 5) is 32.2. The van der Waals surface area contributed by atoms with Crippen LogP contribution in [0.4, 0.5) is 0 Å². The molecule has 4 aromatic rings. The fourth-order valence-corrected chi connectivity index (χ4v) is 3.18. The van der Waals surface area contributed by atoms with Crippen LogP contribution in [0.1, 0.15) is 0 Å². The first-order valence-electron chi connectivity index (χ1n) is 8.57. The summed E-state index contributed by atoms with van der Waals surface area (Å²) in [6, 6.07) is 6.56.